The number of esters is 2. The highest BCUT2D eigenvalue weighted by Gasteiger charge is 2.59. The maximum atomic E-state index is 14.2. The third kappa shape index (κ3) is 21.9. The summed E-state index contributed by atoms with van der Waals surface area (Å²) in [6, 6.07) is -2.01. The van der Waals surface area contributed by atoms with Crippen molar-refractivity contribution in [2.24, 2.45) is 82.9 Å². The molecule has 22 nitrogen and oxygen atoms in total. The van der Waals surface area contributed by atoms with Crippen LogP contribution >= 0.6 is 0 Å². The third-order valence-electron chi connectivity index (χ3n) is 26.2. The van der Waals surface area contributed by atoms with Gasteiger partial charge < -0.3 is 67.4 Å². The first-order valence-corrected chi connectivity index (χ1v) is 40.8. The van der Waals surface area contributed by atoms with Gasteiger partial charge in [-0.05, 0) is 189 Å². The summed E-state index contributed by atoms with van der Waals surface area (Å²) in [6.07, 6.45) is 14.7. The summed E-state index contributed by atoms with van der Waals surface area (Å²) in [5.41, 5.74) is 3.95. The van der Waals surface area contributed by atoms with Gasteiger partial charge in [-0.15, -0.1) is 0 Å². The lowest BCUT2D eigenvalue weighted by Crippen LogP contribution is -2.63. The summed E-state index contributed by atoms with van der Waals surface area (Å²) in [7, 11) is 9.72. The Morgan fingerprint density at radius 2 is 0.759 bits per heavy atom. The largest absolute Gasteiger partial charge is 0.456 e. The van der Waals surface area contributed by atoms with Gasteiger partial charge in [0.15, 0.2) is 0 Å². The molecule has 2 aliphatic carbocycles. The van der Waals surface area contributed by atoms with Crippen LogP contribution in [0, 0.1) is 82.9 Å². The van der Waals surface area contributed by atoms with Crippen LogP contribution in [0.3, 0.4) is 0 Å². The molecule has 0 aromatic heterocycles. The smallest absolute Gasteiger partial charge is 0.329 e. The van der Waals surface area contributed by atoms with Crippen molar-refractivity contribution >= 4 is 46.9 Å². The van der Waals surface area contributed by atoms with Crippen molar-refractivity contribution in [1.82, 2.24) is 9.80 Å². The minimum Gasteiger partial charge on any atom is -0.456 e. The monoisotopic (exact) mass is 1520 g/mol. The number of fused-ring (bicyclic) bond motifs is 6. The Morgan fingerprint density at radius 3 is 1.08 bits per heavy atom. The van der Waals surface area contributed by atoms with Crippen LogP contribution in [0.25, 0.3) is 0 Å². The fourth-order valence-corrected chi connectivity index (χ4v) is 18.9. The first kappa shape index (κ1) is 90.3. The number of methoxy groups -OCH3 is 6. The summed E-state index contributed by atoms with van der Waals surface area (Å²) < 4.78 is 60.2. The van der Waals surface area contributed by atoms with Gasteiger partial charge in [-0.2, -0.15) is 0 Å². The van der Waals surface area contributed by atoms with E-state index < -0.39 is 120 Å². The van der Waals surface area contributed by atoms with Crippen LogP contribution < -0.4 is 0 Å². The van der Waals surface area contributed by atoms with Crippen LogP contribution in [0.2, 0.25) is 0 Å². The fourth-order valence-electron chi connectivity index (χ4n) is 18.9. The van der Waals surface area contributed by atoms with Gasteiger partial charge in [-0.3, -0.25) is 28.8 Å². The SMILES string of the molecule is COC1CC(/C=C(\C)C2OC(=O)C3CCCN3C(=O)C(=O)C3(O)OC(C(OC)CC(C)C/C(C)=C/C(C)C(=O)CC(C)C2C)C(OC)CC3C)CCC1C.COC1CC(/C=C(\C)C2OC(=O)C3CCCN3C(=O)C(=O)C3(O)OC(C(OC)CC(C)C/C(C)=C/C(C)C(=O)CC(C)C2C)C(OC)CC3C)CCC1C. The van der Waals surface area contributed by atoms with E-state index in [1.807, 2.05) is 81.4 Å². The number of rotatable bonds is 10. The van der Waals surface area contributed by atoms with Crippen molar-refractivity contribution in [2.45, 2.75) is 311 Å². The van der Waals surface area contributed by atoms with Gasteiger partial charge >= 0.3 is 11.9 Å². The first-order chi connectivity index (χ1) is 50.9. The molecule has 6 fully saturated rings. The topological polar surface area (TPSA) is 276 Å². The van der Waals surface area contributed by atoms with Crippen LogP contribution in [0.1, 0.15) is 226 Å². The second kappa shape index (κ2) is 40.2. The summed E-state index contributed by atoms with van der Waals surface area (Å²) in [4.78, 5) is 115. The highest BCUT2D eigenvalue weighted by Crippen LogP contribution is 2.44. The average Bonchev–Trinajstić information content (AvgIpc) is 0.917. The van der Waals surface area contributed by atoms with Crippen molar-refractivity contribution in [3.63, 3.8) is 0 Å². The van der Waals surface area contributed by atoms with Gasteiger partial charge in [0.05, 0.1) is 36.6 Å². The number of carbonyl (C=O) groups is 8. The standard InChI is InChI=1S/2C43H69NO10/c2*1-24-17-25(2)19-36(51-10)39-37(52-11)22-30(7)43(49,54-39)40(46)41(47)44-16-12-13-33(44)42(48)53-38(31(8)27(4)21-34(45)28(5)18-24)29(6)20-32-15-14-26(3)35(23-32)50-9/h2*18,20,25-28,30-33,35-39,49H,12-17,19,21-23H2,1-11H3/b2*24-18+,29-20+. The van der Waals surface area contributed by atoms with Gasteiger partial charge in [0, 0.05) is 104 Å². The number of carbonyl (C=O) groups excluding carboxylic acids is 8. The van der Waals surface area contributed by atoms with E-state index >= 15 is 0 Å². The maximum absolute atomic E-state index is 14.2. The Balaban J connectivity index is 0.000000301. The Kier molecular flexibility index (Phi) is 33.6. The fraction of sp³-hybridized carbons (Fsp3) is 0.814. The number of aliphatic hydroxyl groups is 2. The molecule has 2 N–H and O–H groups in total. The minimum atomic E-state index is -2.44. The Bertz CT molecular complexity index is 2990. The molecule has 2 amide bonds. The molecule has 8 rings (SSSR count). The predicted molar refractivity (Wildman–Crippen MR) is 410 cm³/mol. The number of allylic oxidation sites excluding steroid dienone is 6. The van der Waals surface area contributed by atoms with Crippen molar-refractivity contribution in [3.8, 4) is 0 Å². The second-order valence-electron chi connectivity index (χ2n) is 34.8. The molecule has 6 heterocycles. The van der Waals surface area contributed by atoms with Crippen LogP contribution in [-0.2, 0) is 85.7 Å². The summed E-state index contributed by atoms with van der Waals surface area (Å²) in [5.74, 6) is -11.2. The van der Waals surface area contributed by atoms with Gasteiger partial charge in [-0.1, -0.05) is 119 Å². The Labute approximate surface area is 645 Å². The van der Waals surface area contributed by atoms with Gasteiger partial charge in [0.25, 0.3) is 23.4 Å². The zero-order valence-corrected chi connectivity index (χ0v) is 69.6. The summed E-state index contributed by atoms with van der Waals surface area (Å²) in [5, 5.41) is 23.9. The number of Topliss-reactive ketones (excluding diaryl/α,β-unsaturated/α-hetero) is 4. The lowest BCUT2D eigenvalue weighted by Gasteiger charge is -2.46. The lowest BCUT2D eigenvalue weighted by molar-refractivity contribution is -0.302. The molecular formula is C86H138N2O20. The zero-order valence-electron chi connectivity index (χ0n) is 69.6. The number of ether oxygens (including phenoxy) is 10. The van der Waals surface area contributed by atoms with E-state index in [-0.39, 0.29) is 109 Å². The van der Waals surface area contributed by atoms with Crippen LogP contribution in [0.15, 0.2) is 46.6 Å². The van der Waals surface area contributed by atoms with Gasteiger partial charge in [0.1, 0.15) is 48.1 Å². The van der Waals surface area contributed by atoms with Crippen molar-refractivity contribution in [1.29, 1.82) is 0 Å². The van der Waals surface area contributed by atoms with E-state index in [0.717, 1.165) is 60.8 Å². The number of ketones is 4. The Hall–Kier alpha value is -4.88. The highest BCUT2D eigenvalue weighted by molar-refractivity contribution is 6.39. The lowest BCUT2D eigenvalue weighted by atomic mass is 9.78. The molecule has 612 valence electrons. The molecule has 108 heavy (non-hydrogen) atoms. The molecule has 4 bridgehead atoms. The molecule has 6 aliphatic heterocycles. The zero-order chi connectivity index (χ0) is 80.1. The first-order valence-electron chi connectivity index (χ1n) is 40.8. The molecule has 0 aromatic rings. The normalized spacial score (nSPS) is 42.4. The quantitative estimate of drug-likeness (QED) is 0.117. The van der Waals surface area contributed by atoms with E-state index in [0.29, 0.717) is 76.0 Å². The summed E-state index contributed by atoms with van der Waals surface area (Å²) >= 11 is 0. The van der Waals surface area contributed by atoms with Crippen molar-refractivity contribution < 1.29 is 95.9 Å². The molecule has 0 aromatic carbocycles. The summed E-state index contributed by atoms with van der Waals surface area (Å²) in [6.45, 7) is 32.2. The predicted octanol–water partition coefficient (Wildman–Crippen LogP) is 12.5. The third-order valence-corrected chi connectivity index (χ3v) is 26.2. The molecule has 0 spiro atoms. The molecule has 28 unspecified atom stereocenters. The van der Waals surface area contributed by atoms with E-state index in [2.05, 4.69) is 39.8 Å². The number of cyclic esters (lactones) is 2. The average molecular weight is 1520 g/mol. The number of hydrogen-bond acceptors (Lipinski definition) is 20. The van der Waals surface area contributed by atoms with Crippen molar-refractivity contribution in [3.05, 3.63) is 46.6 Å². The van der Waals surface area contributed by atoms with E-state index in [1.165, 1.54) is 9.80 Å². The number of amides is 2. The maximum Gasteiger partial charge on any atom is 0.329 e. The molecule has 28 atom stereocenters. The van der Waals surface area contributed by atoms with E-state index in [1.54, 1.807) is 56.5 Å². The molecular weight excluding hydrogens is 1380 g/mol. The number of hydrogen-bond donors (Lipinski definition) is 2. The van der Waals surface area contributed by atoms with Gasteiger partial charge in [0.2, 0.25) is 11.6 Å². The van der Waals surface area contributed by atoms with Crippen LogP contribution in [0.4, 0.5) is 0 Å². The van der Waals surface area contributed by atoms with Gasteiger partial charge in [-0.25, -0.2) is 9.59 Å². The second-order valence-corrected chi connectivity index (χ2v) is 34.8. The highest BCUT2D eigenvalue weighted by atomic mass is 16.7. The van der Waals surface area contributed by atoms with Crippen LogP contribution in [0.5, 0.6) is 0 Å². The Morgan fingerprint density at radius 1 is 0.435 bits per heavy atom. The van der Waals surface area contributed by atoms with Crippen LogP contribution in [-0.4, -0.2) is 207 Å². The van der Waals surface area contributed by atoms with E-state index in [9.17, 15) is 48.6 Å². The van der Waals surface area contributed by atoms with E-state index in [4.69, 9.17) is 47.4 Å². The van der Waals surface area contributed by atoms with Crippen molar-refractivity contribution in [2.75, 3.05) is 55.7 Å². The molecule has 8 aliphatic rings. The molecule has 22 heteroatoms. The minimum absolute atomic E-state index is 0.100. The molecule has 4 saturated heterocycles. The molecule has 2 saturated carbocycles. The molecule has 0 radical (unpaired) electrons. The number of nitrogens with zero attached hydrogens (tertiary/aromatic N) is 2.